The second kappa shape index (κ2) is 8.63. The molecule has 0 aromatic carbocycles. The third-order valence-electron chi connectivity index (χ3n) is 4.27. The molecule has 2 saturated heterocycles. The van der Waals surface area contributed by atoms with Crippen LogP contribution < -0.4 is 0 Å². The maximum absolute atomic E-state index is 12.1. The summed E-state index contributed by atoms with van der Waals surface area (Å²) in [7, 11) is 0. The molecule has 0 spiro atoms. The molecule has 2 rings (SSSR count). The van der Waals surface area contributed by atoms with Gasteiger partial charge in [-0.25, -0.2) is 0 Å². The van der Waals surface area contributed by atoms with Crippen molar-refractivity contribution in [3.8, 4) is 0 Å². The third kappa shape index (κ3) is 5.18. The number of hydrogen-bond acceptors (Lipinski definition) is 4. The molecule has 1 atom stereocenters. The molecule has 0 saturated carbocycles. The lowest BCUT2D eigenvalue weighted by molar-refractivity contribution is -0.135. The fraction of sp³-hybridized carbons (Fsp3) is 0.867. The van der Waals surface area contributed by atoms with Crippen LogP contribution in [-0.2, 0) is 14.3 Å². The summed E-state index contributed by atoms with van der Waals surface area (Å²) in [5, 5.41) is 0. The first-order valence-electron chi connectivity index (χ1n) is 7.83. The molecule has 0 aromatic heterocycles. The second-order valence-electron chi connectivity index (χ2n) is 5.81. The zero-order valence-electron chi connectivity index (χ0n) is 12.9. The number of rotatable bonds is 5. The summed E-state index contributed by atoms with van der Waals surface area (Å²) in [6, 6.07) is 0. The van der Waals surface area contributed by atoms with Gasteiger partial charge in [0.25, 0.3) is 0 Å². The predicted molar refractivity (Wildman–Crippen MR) is 84.3 cm³/mol. The van der Waals surface area contributed by atoms with Crippen molar-refractivity contribution < 1.29 is 14.3 Å². The number of carbonyl (C=O) groups excluding carboxylic acids is 2. The molecule has 0 N–H and O–H groups in total. The van der Waals surface area contributed by atoms with Crippen LogP contribution in [0.2, 0.25) is 0 Å². The molecular formula is C15H26N2O3S. The van der Waals surface area contributed by atoms with Gasteiger partial charge >= 0.3 is 0 Å². The fourth-order valence-corrected chi connectivity index (χ4v) is 3.47. The number of piperidine rings is 1. The first kappa shape index (κ1) is 16.6. The van der Waals surface area contributed by atoms with Crippen molar-refractivity contribution in [2.24, 2.45) is 5.92 Å². The van der Waals surface area contributed by atoms with E-state index in [9.17, 15) is 9.59 Å². The Hall–Kier alpha value is -0.750. The minimum Gasteiger partial charge on any atom is -0.378 e. The third-order valence-corrected chi connectivity index (χ3v) is 4.81. The quantitative estimate of drug-likeness (QED) is 0.766. The Morgan fingerprint density at radius 2 is 1.90 bits per heavy atom. The van der Waals surface area contributed by atoms with Gasteiger partial charge in [-0.05, 0) is 31.4 Å². The van der Waals surface area contributed by atoms with E-state index in [2.05, 4.69) is 0 Å². The van der Waals surface area contributed by atoms with Gasteiger partial charge in [-0.15, -0.1) is 0 Å². The Bertz CT molecular complexity index is 359. The van der Waals surface area contributed by atoms with Crippen LogP contribution in [0.5, 0.6) is 0 Å². The Balaban J connectivity index is 1.72. The van der Waals surface area contributed by atoms with Crippen molar-refractivity contribution in [1.29, 1.82) is 0 Å². The van der Waals surface area contributed by atoms with Crippen molar-refractivity contribution in [2.45, 2.75) is 25.7 Å². The second-order valence-corrected chi connectivity index (χ2v) is 6.68. The Labute approximate surface area is 131 Å². The molecule has 6 heteroatoms. The fourth-order valence-electron chi connectivity index (χ4n) is 3.04. The molecule has 2 aliphatic heterocycles. The van der Waals surface area contributed by atoms with Crippen molar-refractivity contribution in [3.05, 3.63) is 0 Å². The highest BCUT2D eigenvalue weighted by Crippen LogP contribution is 2.22. The van der Waals surface area contributed by atoms with E-state index in [-0.39, 0.29) is 11.8 Å². The van der Waals surface area contributed by atoms with Gasteiger partial charge in [0.1, 0.15) is 0 Å². The molecule has 0 bridgehead atoms. The SMILES string of the molecule is CSCC(=O)N1CCC[C@H](CCC(=O)N2CCOCC2)C1. The molecule has 2 aliphatic rings. The summed E-state index contributed by atoms with van der Waals surface area (Å²) < 4.78 is 5.27. The van der Waals surface area contributed by atoms with Gasteiger partial charge in [-0.3, -0.25) is 9.59 Å². The predicted octanol–water partition coefficient (Wildman–Crippen LogP) is 1.23. The Kier molecular flexibility index (Phi) is 6.83. The highest BCUT2D eigenvalue weighted by Gasteiger charge is 2.24. The summed E-state index contributed by atoms with van der Waals surface area (Å²) >= 11 is 1.58. The van der Waals surface area contributed by atoms with E-state index in [0.29, 0.717) is 31.3 Å². The lowest BCUT2D eigenvalue weighted by Crippen LogP contribution is -2.42. The van der Waals surface area contributed by atoms with Crippen LogP contribution in [0.4, 0.5) is 0 Å². The summed E-state index contributed by atoms with van der Waals surface area (Å²) in [6.07, 6.45) is 5.67. The molecule has 21 heavy (non-hydrogen) atoms. The molecule has 5 nitrogen and oxygen atoms in total. The van der Waals surface area contributed by atoms with E-state index in [1.807, 2.05) is 16.1 Å². The van der Waals surface area contributed by atoms with E-state index in [1.54, 1.807) is 11.8 Å². The zero-order chi connectivity index (χ0) is 15.1. The van der Waals surface area contributed by atoms with E-state index in [0.717, 1.165) is 45.4 Å². The van der Waals surface area contributed by atoms with Gasteiger partial charge < -0.3 is 14.5 Å². The molecule has 2 heterocycles. The monoisotopic (exact) mass is 314 g/mol. The number of likely N-dealkylation sites (tertiary alicyclic amines) is 1. The lowest BCUT2D eigenvalue weighted by atomic mass is 9.93. The minimum absolute atomic E-state index is 0.242. The number of carbonyl (C=O) groups is 2. The van der Waals surface area contributed by atoms with Crippen LogP contribution in [0, 0.1) is 5.92 Å². The van der Waals surface area contributed by atoms with Gasteiger partial charge in [0.15, 0.2) is 0 Å². The lowest BCUT2D eigenvalue weighted by Gasteiger charge is -2.33. The highest BCUT2D eigenvalue weighted by molar-refractivity contribution is 7.99. The first-order valence-corrected chi connectivity index (χ1v) is 9.22. The number of nitrogens with zero attached hydrogens (tertiary/aromatic N) is 2. The number of thioether (sulfide) groups is 1. The van der Waals surface area contributed by atoms with E-state index >= 15 is 0 Å². The maximum Gasteiger partial charge on any atom is 0.232 e. The van der Waals surface area contributed by atoms with Crippen molar-refractivity contribution in [2.75, 3.05) is 51.4 Å². The van der Waals surface area contributed by atoms with Gasteiger partial charge in [-0.1, -0.05) is 0 Å². The summed E-state index contributed by atoms with van der Waals surface area (Å²) in [5.41, 5.74) is 0. The molecular weight excluding hydrogens is 288 g/mol. The normalized spacial score (nSPS) is 23.2. The highest BCUT2D eigenvalue weighted by atomic mass is 32.2. The summed E-state index contributed by atoms with van der Waals surface area (Å²) in [5.74, 6) is 1.53. The number of hydrogen-bond donors (Lipinski definition) is 0. The van der Waals surface area contributed by atoms with Crippen LogP contribution in [0.1, 0.15) is 25.7 Å². The van der Waals surface area contributed by atoms with Crippen LogP contribution in [0.25, 0.3) is 0 Å². The molecule has 2 fully saturated rings. The Morgan fingerprint density at radius 3 is 2.62 bits per heavy atom. The maximum atomic E-state index is 12.1. The first-order chi connectivity index (χ1) is 10.2. The topological polar surface area (TPSA) is 49.9 Å². The average molecular weight is 314 g/mol. The van der Waals surface area contributed by atoms with Crippen LogP contribution in [0.3, 0.4) is 0 Å². The van der Waals surface area contributed by atoms with Crippen LogP contribution in [-0.4, -0.2) is 73.0 Å². The van der Waals surface area contributed by atoms with Crippen LogP contribution in [0.15, 0.2) is 0 Å². The van der Waals surface area contributed by atoms with Crippen molar-refractivity contribution in [1.82, 2.24) is 9.80 Å². The molecule has 2 amide bonds. The molecule has 0 aromatic rings. The van der Waals surface area contributed by atoms with Gasteiger partial charge in [0, 0.05) is 32.6 Å². The molecule has 0 aliphatic carbocycles. The van der Waals surface area contributed by atoms with Gasteiger partial charge in [-0.2, -0.15) is 11.8 Å². The van der Waals surface area contributed by atoms with Crippen LogP contribution >= 0.6 is 11.8 Å². The smallest absolute Gasteiger partial charge is 0.232 e. The Morgan fingerprint density at radius 1 is 1.14 bits per heavy atom. The number of ether oxygens (including phenoxy) is 1. The largest absolute Gasteiger partial charge is 0.378 e. The zero-order valence-corrected chi connectivity index (χ0v) is 13.7. The molecule has 120 valence electrons. The number of morpholine rings is 1. The van der Waals surface area contributed by atoms with Gasteiger partial charge in [0.2, 0.25) is 11.8 Å². The molecule has 0 unspecified atom stereocenters. The standard InChI is InChI=1S/C15H26N2O3S/c1-21-12-15(19)17-6-2-3-13(11-17)4-5-14(18)16-7-9-20-10-8-16/h13H,2-12H2,1H3/t13-/m1/s1. The summed E-state index contributed by atoms with van der Waals surface area (Å²) in [4.78, 5) is 28.0. The number of amides is 2. The van der Waals surface area contributed by atoms with Gasteiger partial charge in [0.05, 0.1) is 19.0 Å². The van der Waals surface area contributed by atoms with E-state index in [4.69, 9.17) is 4.74 Å². The molecule has 0 radical (unpaired) electrons. The minimum atomic E-state index is 0.242. The van der Waals surface area contributed by atoms with Crippen molar-refractivity contribution >= 4 is 23.6 Å². The van der Waals surface area contributed by atoms with Crippen molar-refractivity contribution in [3.63, 3.8) is 0 Å². The summed E-state index contributed by atoms with van der Waals surface area (Å²) in [6.45, 7) is 4.48. The van der Waals surface area contributed by atoms with E-state index in [1.165, 1.54) is 0 Å². The van der Waals surface area contributed by atoms with E-state index < -0.39 is 0 Å². The average Bonchev–Trinajstić information content (AvgIpc) is 2.54.